The van der Waals surface area contributed by atoms with Crippen LogP contribution in [-0.4, -0.2) is 32.8 Å². The summed E-state index contributed by atoms with van der Waals surface area (Å²) in [5.74, 6) is 0.328. The van der Waals surface area contributed by atoms with Crippen molar-refractivity contribution in [1.82, 2.24) is 9.72 Å². The van der Waals surface area contributed by atoms with Gasteiger partial charge in [-0.05, 0) is 35.8 Å². The molecule has 1 saturated carbocycles. The first-order valence-corrected chi connectivity index (χ1v) is 11.8. The minimum absolute atomic E-state index is 0.300. The lowest BCUT2D eigenvalue weighted by Crippen LogP contribution is -2.29. The van der Waals surface area contributed by atoms with E-state index in [0.717, 1.165) is 46.0 Å². The fraction of sp³-hybridized carbons (Fsp3) is 0.273. The van der Waals surface area contributed by atoms with Crippen molar-refractivity contribution in [3.63, 3.8) is 0 Å². The molecule has 6 rings (SSSR count). The Morgan fingerprint density at radius 2 is 2.16 bits per heavy atom. The third-order valence-electron chi connectivity index (χ3n) is 5.29. The quantitative estimate of drug-likeness (QED) is 0.608. The van der Waals surface area contributed by atoms with Gasteiger partial charge in [0.15, 0.2) is 5.76 Å². The second kappa shape index (κ2) is 8.32. The molecule has 0 bridgehead atoms. The van der Waals surface area contributed by atoms with E-state index in [1.165, 1.54) is 22.4 Å². The number of aliphatic carboxylic acids is 1. The van der Waals surface area contributed by atoms with Gasteiger partial charge in [-0.2, -0.15) is 0 Å². The molecule has 3 aromatic rings. The number of pyridine rings is 1. The van der Waals surface area contributed by atoms with Gasteiger partial charge < -0.3 is 9.63 Å². The Bertz CT molecular complexity index is 1230. The van der Waals surface area contributed by atoms with E-state index >= 15 is 0 Å². The number of allylic oxidation sites excluding steroid dienone is 1. The molecular formula is C22H19N3O4S2. The molecule has 3 aliphatic rings. The molecule has 0 spiro atoms. The van der Waals surface area contributed by atoms with Crippen LogP contribution in [0.15, 0.2) is 61.3 Å². The molecule has 0 radical (unpaired) electrons. The van der Waals surface area contributed by atoms with E-state index in [1.54, 1.807) is 17.5 Å². The number of nitrogens with zero attached hydrogens (tertiary/aromatic N) is 3. The van der Waals surface area contributed by atoms with Crippen molar-refractivity contribution < 1.29 is 14.4 Å². The van der Waals surface area contributed by atoms with E-state index in [9.17, 15) is 14.7 Å². The Kier molecular flexibility index (Phi) is 5.37. The van der Waals surface area contributed by atoms with Crippen molar-refractivity contribution in [3.8, 4) is 21.9 Å². The van der Waals surface area contributed by atoms with Crippen molar-refractivity contribution in [2.24, 2.45) is 4.99 Å². The highest BCUT2D eigenvalue weighted by Crippen LogP contribution is 2.50. The number of aromatic nitrogens is 2. The highest BCUT2D eigenvalue weighted by atomic mass is 32.2. The van der Waals surface area contributed by atoms with Gasteiger partial charge in [0, 0.05) is 42.3 Å². The fourth-order valence-electron chi connectivity index (χ4n) is 3.69. The first-order valence-electron chi connectivity index (χ1n) is 9.96. The number of hydrogen-bond acceptors (Lipinski definition) is 7. The number of carbonyl (C=O) groups is 1. The number of fused-ring (bicyclic) bond motifs is 1. The van der Waals surface area contributed by atoms with Gasteiger partial charge >= 0.3 is 5.97 Å². The van der Waals surface area contributed by atoms with Crippen molar-refractivity contribution in [3.05, 3.63) is 57.8 Å². The van der Waals surface area contributed by atoms with Crippen LogP contribution in [0.2, 0.25) is 0 Å². The molecular weight excluding hydrogens is 434 g/mol. The maximum atomic E-state index is 12.7. The van der Waals surface area contributed by atoms with E-state index in [0.29, 0.717) is 17.4 Å². The molecule has 1 fully saturated rings. The average Bonchev–Trinajstić information content (AvgIpc) is 3.32. The van der Waals surface area contributed by atoms with Gasteiger partial charge in [0.05, 0.1) is 9.90 Å². The van der Waals surface area contributed by atoms with Crippen molar-refractivity contribution >= 4 is 35.3 Å². The van der Waals surface area contributed by atoms with Crippen LogP contribution in [-0.2, 0) is 4.79 Å². The summed E-state index contributed by atoms with van der Waals surface area (Å²) in [6, 6.07) is 6.49. The van der Waals surface area contributed by atoms with Crippen LogP contribution in [0.4, 0.5) is 0 Å². The highest BCUT2D eigenvalue weighted by molar-refractivity contribution is 7.99. The number of thioether (sulfide) groups is 1. The summed E-state index contributed by atoms with van der Waals surface area (Å²) in [6.45, 7) is 0. The number of aliphatic imine (C=N–C) groups is 1. The molecule has 1 atom stereocenters. The van der Waals surface area contributed by atoms with Crippen molar-refractivity contribution in [2.75, 3.05) is 5.75 Å². The Hall–Kier alpha value is -2.91. The summed E-state index contributed by atoms with van der Waals surface area (Å²) in [7, 11) is 0. The summed E-state index contributed by atoms with van der Waals surface area (Å²) in [6.07, 6.45) is 8.81. The molecule has 1 N–H and O–H groups in total. The number of rotatable bonds is 4. The molecule has 7 nitrogen and oxygen atoms in total. The standard InChI is InChI=1S/C18H14N2O4S2.C4H5N/c21-15-6-10(13-7-11(19-24-13)14-2-1-5-25-14)16(9-3-4-9)17-20(15)12(8-26-17)18(22)23;1-2-4-5-3-1/h1-2,5-7,9,12H,3-4,8H2,(H,22,23);1,3-4H,2H2. The molecule has 5 heterocycles. The van der Waals surface area contributed by atoms with E-state index in [4.69, 9.17) is 4.52 Å². The molecule has 1 unspecified atom stereocenters. The topological polar surface area (TPSA) is 97.7 Å². The SMILES string of the molecule is C1=CN=CC1.O=C(O)C1CSc2c(C3CC3)c(-c3cc(-c4cccs4)no3)cc(=O)n21. The monoisotopic (exact) mass is 453 g/mol. The van der Waals surface area contributed by atoms with Gasteiger partial charge in [0.1, 0.15) is 11.7 Å². The third-order valence-corrected chi connectivity index (χ3v) is 7.36. The van der Waals surface area contributed by atoms with Crippen LogP contribution in [0.5, 0.6) is 0 Å². The molecule has 1 aliphatic carbocycles. The van der Waals surface area contributed by atoms with Gasteiger partial charge in [-0.15, -0.1) is 23.1 Å². The first kappa shape index (κ1) is 20.0. The van der Waals surface area contributed by atoms with Crippen LogP contribution >= 0.6 is 23.1 Å². The lowest BCUT2D eigenvalue weighted by atomic mass is 10.0. The van der Waals surface area contributed by atoms with Crippen molar-refractivity contribution in [1.29, 1.82) is 0 Å². The molecule has 2 aliphatic heterocycles. The molecule has 0 aromatic carbocycles. The van der Waals surface area contributed by atoms with Gasteiger partial charge in [0.25, 0.3) is 5.56 Å². The number of carboxylic acids is 1. The normalized spacial score (nSPS) is 18.6. The minimum Gasteiger partial charge on any atom is -0.480 e. The lowest BCUT2D eigenvalue weighted by molar-refractivity contribution is -0.140. The number of hydrogen-bond donors (Lipinski definition) is 1. The molecule has 0 saturated heterocycles. The Morgan fingerprint density at radius 1 is 1.29 bits per heavy atom. The first-order chi connectivity index (χ1) is 15.1. The zero-order chi connectivity index (χ0) is 21.4. The van der Waals surface area contributed by atoms with Gasteiger partial charge in [0.2, 0.25) is 0 Å². The molecule has 0 amide bonds. The zero-order valence-corrected chi connectivity index (χ0v) is 18.1. The average molecular weight is 454 g/mol. The number of thiophene rings is 1. The summed E-state index contributed by atoms with van der Waals surface area (Å²) >= 11 is 3.03. The van der Waals surface area contributed by atoms with Crippen LogP contribution in [0, 0.1) is 0 Å². The van der Waals surface area contributed by atoms with Crippen LogP contribution in [0.25, 0.3) is 21.9 Å². The second-order valence-corrected chi connectivity index (χ2v) is 9.39. The van der Waals surface area contributed by atoms with Crippen LogP contribution in [0.1, 0.15) is 36.8 Å². The molecule has 158 valence electrons. The maximum Gasteiger partial charge on any atom is 0.327 e. The summed E-state index contributed by atoms with van der Waals surface area (Å²) in [5, 5.41) is 16.3. The Labute approximate surface area is 186 Å². The van der Waals surface area contributed by atoms with Gasteiger partial charge in [-0.3, -0.25) is 14.4 Å². The highest BCUT2D eigenvalue weighted by Gasteiger charge is 2.38. The van der Waals surface area contributed by atoms with E-state index in [1.807, 2.05) is 35.9 Å². The smallest absolute Gasteiger partial charge is 0.327 e. The summed E-state index contributed by atoms with van der Waals surface area (Å²) in [4.78, 5) is 29.0. The largest absolute Gasteiger partial charge is 0.480 e. The zero-order valence-electron chi connectivity index (χ0n) is 16.4. The van der Waals surface area contributed by atoms with Crippen LogP contribution in [0.3, 0.4) is 0 Å². The summed E-state index contributed by atoms with van der Waals surface area (Å²) in [5.41, 5.74) is 2.23. The van der Waals surface area contributed by atoms with Gasteiger partial charge in [-0.1, -0.05) is 17.3 Å². The predicted molar refractivity (Wildman–Crippen MR) is 121 cm³/mol. The second-order valence-electron chi connectivity index (χ2n) is 7.43. The predicted octanol–water partition coefficient (Wildman–Crippen LogP) is 4.82. The van der Waals surface area contributed by atoms with Crippen LogP contribution < -0.4 is 5.56 Å². The van der Waals surface area contributed by atoms with E-state index in [2.05, 4.69) is 10.1 Å². The minimum atomic E-state index is -0.965. The maximum absolute atomic E-state index is 12.7. The number of carboxylic acid groups (broad SMARTS) is 1. The third kappa shape index (κ3) is 3.90. The van der Waals surface area contributed by atoms with E-state index in [-0.39, 0.29) is 5.56 Å². The molecule has 9 heteroatoms. The summed E-state index contributed by atoms with van der Waals surface area (Å²) < 4.78 is 7.00. The Balaban J connectivity index is 0.000000361. The lowest BCUT2D eigenvalue weighted by Gasteiger charge is -2.14. The fourth-order valence-corrected chi connectivity index (χ4v) is 5.76. The Morgan fingerprint density at radius 3 is 2.77 bits per heavy atom. The molecule has 3 aromatic heterocycles. The van der Waals surface area contributed by atoms with E-state index < -0.39 is 12.0 Å². The van der Waals surface area contributed by atoms with Gasteiger partial charge in [-0.25, -0.2) is 4.79 Å². The molecule has 31 heavy (non-hydrogen) atoms. The van der Waals surface area contributed by atoms with Crippen molar-refractivity contribution in [2.45, 2.75) is 36.2 Å².